The second-order valence-electron chi connectivity index (χ2n) is 4.07. The molecule has 0 unspecified atom stereocenters. The number of rotatable bonds is 3. The van der Waals surface area contributed by atoms with Gasteiger partial charge in [0.25, 0.3) is 0 Å². The van der Waals surface area contributed by atoms with E-state index in [1.165, 1.54) is 0 Å². The van der Waals surface area contributed by atoms with Crippen molar-refractivity contribution in [3.63, 3.8) is 0 Å². The summed E-state index contributed by atoms with van der Waals surface area (Å²) in [5.41, 5.74) is 0.974. The van der Waals surface area contributed by atoms with Gasteiger partial charge in [-0.25, -0.2) is 4.79 Å². The van der Waals surface area contributed by atoms with Gasteiger partial charge in [-0.15, -0.1) is 0 Å². The molecule has 1 saturated heterocycles. The van der Waals surface area contributed by atoms with E-state index in [9.17, 15) is 4.79 Å². The second kappa shape index (κ2) is 6.26. The number of amides is 2. The highest BCUT2D eigenvalue weighted by Gasteiger charge is 2.16. The molecule has 0 atom stereocenters. The molecule has 2 amide bonds. The zero-order valence-electron chi connectivity index (χ0n) is 10.5. The Balaban J connectivity index is 1.88. The number of methoxy groups -OCH3 is 1. The summed E-state index contributed by atoms with van der Waals surface area (Å²) in [7, 11) is 1.63. The average molecular weight is 250 g/mol. The van der Waals surface area contributed by atoms with E-state index in [-0.39, 0.29) is 6.03 Å². The van der Waals surface area contributed by atoms with Crippen LogP contribution in [-0.4, -0.2) is 44.3 Å². The van der Waals surface area contributed by atoms with E-state index in [2.05, 4.69) is 5.32 Å². The van der Waals surface area contributed by atoms with Crippen molar-refractivity contribution in [2.24, 2.45) is 0 Å². The van der Waals surface area contributed by atoms with Gasteiger partial charge in [0, 0.05) is 25.2 Å². The lowest BCUT2D eigenvalue weighted by atomic mass is 10.2. The summed E-state index contributed by atoms with van der Waals surface area (Å²) in [4.78, 5) is 13.7. The van der Waals surface area contributed by atoms with Crippen molar-refractivity contribution >= 4 is 6.03 Å². The molecular weight excluding hydrogens is 232 g/mol. The molecule has 1 heterocycles. The largest absolute Gasteiger partial charge is 0.496 e. The number of nitrogens with zero attached hydrogens (tertiary/aromatic N) is 1. The van der Waals surface area contributed by atoms with Crippen LogP contribution in [0.4, 0.5) is 4.79 Å². The minimum atomic E-state index is -0.0517. The van der Waals surface area contributed by atoms with E-state index in [4.69, 9.17) is 9.47 Å². The second-order valence-corrected chi connectivity index (χ2v) is 4.07. The van der Waals surface area contributed by atoms with E-state index in [1.54, 1.807) is 12.0 Å². The molecule has 0 saturated carbocycles. The van der Waals surface area contributed by atoms with E-state index in [0.29, 0.717) is 32.8 Å². The van der Waals surface area contributed by atoms with Crippen molar-refractivity contribution < 1.29 is 14.3 Å². The normalized spacial score (nSPS) is 15.3. The van der Waals surface area contributed by atoms with Gasteiger partial charge in [-0.3, -0.25) is 0 Å². The molecular formula is C13H18N2O3. The Morgan fingerprint density at radius 2 is 2.11 bits per heavy atom. The molecule has 1 aliphatic heterocycles. The van der Waals surface area contributed by atoms with Crippen LogP contribution in [0, 0.1) is 0 Å². The maximum absolute atomic E-state index is 11.9. The molecule has 0 aromatic heterocycles. The summed E-state index contributed by atoms with van der Waals surface area (Å²) in [6.45, 7) is 3.00. The molecule has 98 valence electrons. The molecule has 1 aliphatic rings. The maximum Gasteiger partial charge on any atom is 0.317 e. The predicted octanol–water partition coefficient (Wildman–Crippen LogP) is 1.24. The van der Waals surface area contributed by atoms with E-state index >= 15 is 0 Å². The van der Waals surface area contributed by atoms with Crippen molar-refractivity contribution in [1.82, 2.24) is 10.2 Å². The van der Waals surface area contributed by atoms with Crippen molar-refractivity contribution in [2.45, 2.75) is 6.54 Å². The topological polar surface area (TPSA) is 50.8 Å². The van der Waals surface area contributed by atoms with Gasteiger partial charge >= 0.3 is 6.03 Å². The third-order valence-corrected chi connectivity index (χ3v) is 2.92. The van der Waals surface area contributed by atoms with Gasteiger partial charge in [-0.1, -0.05) is 18.2 Å². The fraction of sp³-hybridized carbons (Fsp3) is 0.462. The van der Waals surface area contributed by atoms with Crippen LogP contribution in [0.1, 0.15) is 5.56 Å². The lowest BCUT2D eigenvalue weighted by Gasteiger charge is -2.27. The van der Waals surface area contributed by atoms with E-state index in [1.807, 2.05) is 24.3 Å². The first-order chi connectivity index (χ1) is 8.81. The van der Waals surface area contributed by atoms with Gasteiger partial charge < -0.3 is 19.7 Å². The number of morpholine rings is 1. The van der Waals surface area contributed by atoms with Crippen LogP contribution in [0.5, 0.6) is 5.75 Å². The standard InChI is InChI=1S/C13H18N2O3/c1-17-12-5-3-2-4-11(12)10-14-13(16)15-6-8-18-9-7-15/h2-5H,6-10H2,1H3,(H,14,16). The van der Waals surface area contributed by atoms with Crippen molar-refractivity contribution in [2.75, 3.05) is 33.4 Å². The number of carbonyl (C=O) groups is 1. The Kier molecular flexibility index (Phi) is 4.41. The van der Waals surface area contributed by atoms with Crippen LogP contribution in [0.2, 0.25) is 0 Å². The van der Waals surface area contributed by atoms with Gasteiger partial charge in [-0.05, 0) is 6.07 Å². The summed E-state index contributed by atoms with van der Waals surface area (Å²) >= 11 is 0. The fourth-order valence-electron chi connectivity index (χ4n) is 1.90. The third kappa shape index (κ3) is 3.13. The highest BCUT2D eigenvalue weighted by molar-refractivity contribution is 5.74. The van der Waals surface area contributed by atoms with Crippen molar-refractivity contribution in [1.29, 1.82) is 0 Å². The molecule has 0 radical (unpaired) electrons. The van der Waals surface area contributed by atoms with Crippen LogP contribution in [-0.2, 0) is 11.3 Å². The molecule has 0 bridgehead atoms. The quantitative estimate of drug-likeness (QED) is 0.878. The Labute approximate surface area is 107 Å². The van der Waals surface area contributed by atoms with Gasteiger partial charge in [0.15, 0.2) is 0 Å². The highest BCUT2D eigenvalue weighted by Crippen LogP contribution is 2.16. The number of hydrogen-bond donors (Lipinski definition) is 1. The summed E-state index contributed by atoms with van der Waals surface area (Å²) in [5, 5.41) is 2.89. The van der Waals surface area contributed by atoms with Gasteiger partial charge in [0.1, 0.15) is 5.75 Å². The van der Waals surface area contributed by atoms with Crippen LogP contribution in [0.3, 0.4) is 0 Å². The smallest absolute Gasteiger partial charge is 0.317 e. The molecule has 1 N–H and O–H groups in total. The van der Waals surface area contributed by atoms with Gasteiger partial charge in [0.05, 0.1) is 20.3 Å². The first kappa shape index (κ1) is 12.7. The van der Waals surface area contributed by atoms with E-state index < -0.39 is 0 Å². The van der Waals surface area contributed by atoms with Crippen LogP contribution in [0.15, 0.2) is 24.3 Å². The first-order valence-corrected chi connectivity index (χ1v) is 6.03. The zero-order chi connectivity index (χ0) is 12.8. The molecule has 18 heavy (non-hydrogen) atoms. The first-order valence-electron chi connectivity index (χ1n) is 6.03. The number of ether oxygens (including phenoxy) is 2. The minimum Gasteiger partial charge on any atom is -0.496 e. The van der Waals surface area contributed by atoms with Crippen molar-refractivity contribution in [3.8, 4) is 5.75 Å². The summed E-state index contributed by atoms with van der Waals surface area (Å²) in [6.07, 6.45) is 0. The molecule has 1 fully saturated rings. The third-order valence-electron chi connectivity index (χ3n) is 2.92. The lowest BCUT2D eigenvalue weighted by molar-refractivity contribution is 0.0531. The van der Waals surface area contributed by atoms with E-state index in [0.717, 1.165) is 11.3 Å². The Hall–Kier alpha value is -1.75. The minimum absolute atomic E-state index is 0.0517. The van der Waals surface area contributed by atoms with Crippen LogP contribution in [0.25, 0.3) is 0 Å². The molecule has 5 nitrogen and oxygen atoms in total. The van der Waals surface area contributed by atoms with Gasteiger partial charge in [-0.2, -0.15) is 0 Å². The van der Waals surface area contributed by atoms with Crippen molar-refractivity contribution in [3.05, 3.63) is 29.8 Å². The number of nitrogens with one attached hydrogen (secondary N) is 1. The molecule has 5 heteroatoms. The molecule has 1 aromatic rings. The number of carbonyl (C=O) groups excluding carboxylic acids is 1. The SMILES string of the molecule is COc1ccccc1CNC(=O)N1CCOCC1. The maximum atomic E-state index is 11.9. The number of hydrogen-bond acceptors (Lipinski definition) is 3. The Morgan fingerprint density at radius 1 is 1.39 bits per heavy atom. The molecule has 0 aliphatic carbocycles. The predicted molar refractivity (Wildman–Crippen MR) is 67.6 cm³/mol. The average Bonchev–Trinajstić information content (AvgIpc) is 2.46. The summed E-state index contributed by atoms with van der Waals surface area (Å²) < 4.78 is 10.4. The molecule has 2 rings (SSSR count). The number of urea groups is 1. The Bertz CT molecular complexity index is 403. The van der Waals surface area contributed by atoms with Crippen LogP contribution < -0.4 is 10.1 Å². The lowest BCUT2D eigenvalue weighted by Crippen LogP contribution is -2.45. The Morgan fingerprint density at radius 3 is 2.83 bits per heavy atom. The monoisotopic (exact) mass is 250 g/mol. The molecule has 0 spiro atoms. The number of para-hydroxylation sites is 1. The van der Waals surface area contributed by atoms with Gasteiger partial charge in [0.2, 0.25) is 0 Å². The zero-order valence-corrected chi connectivity index (χ0v) is 10.5. The van der Waals surface area contributed by atoms with Crippen LogP contribution >= 0.6 is 0 Å². The number of benzene rings is 1. The summed E-state index contributed by atoms with van der Waals surface area (Å²) in [5.74, 6) is 0.791. The fourth-order valence-corrected chi connectivity index (χ4v) is 1.90. The molecule has 1 aromatic carbocycles. The summed E-state index contributed by atoms with van der Waals surface area (Å²) in [6, 6.07) is 7.61. The highest BCUT2D eigenvalue weighted by atomic mass is 16.5.